The average molecular weight is 327 g/mol. The van der Waals surface area contributed by atoms with E-state index in [0.717, 1.165) is 19.5 Å². The minimum absolute atomic E-state index is 0.0260. The van der Waals surface area contributed by atoms with Gasteiger partial charge >= 0.3 is 0 Å². The predicted octanol–water partition coefficient (Wildman–Crippen LogP) is 2.16. The van der Waals surface area contributed by atoms with Crippen molar-refractivity contribution in [2.24, 2.45) is 5.92 Å². The van der Waals surface area contributed by atoms with Gasteiger partial charge in [-0.3, -0.25) is 9.69 Å². The first-order chi connectivity index (χ1) is 10.5. The first-order valence-corrected chi connectivity index (χ1v) is 7.93. The molecule has 0 aliphatic carbocycles. The summed E-state index contributed by atoms with van der Waals surface area (Å²) in [6.45, 7) is 2.95. The van der Waals surface area contributed by atoms with Crippen LogP contribution in [0.4, 0.5) is 4.39 Å². The van der Waals surface area contributed by atoms with E-state index in [4.69, 9.17) is 16.3 Å². The molecular formula is C16H20ClFN2O2. The maximum absolute atomic E-state index is 13.9. The lowest BCUT2D eigenvalue weighted by Gasteiger charge is -2.37. The standard InChI is InChI=1S/C16H20ClFN2O2/c1-19-7-11-8-20(6-5-15(11)22-10-16(19)21)9-12-13(17)3-2-4-14(12)18/h2-4,11,15H,5-10H2,1H3/t11-,15-/m0/s1. The van der Waals surface area contributed by atoms with Crippen LogP contribution in [-0.4, -0.2) is 55.1 Å². The van der Waals surface area contributed by atoms with Crippen LogP contribution in [0.1, 0.15) is 12.0 Å². The molecule has 0 saturated carbocycles. The highest BCUT2D eigenvalue weighted by Gasteiger charge is 2.34. The molecule has 6 heteroatoms. The molecule has 0 unspecified atom stereocenters. The Morgan fingerprint density at radius 2 is 2.23 bits per heavy atom. The number of piperidine rings is 1. The molecule has 0 bridgehead atoms. The number of amides is 1. The van der Waals surface area contributed by atoms with Crippen molar-refractivity contribution in [1.82, 2.24) is 9.80 Å². The molecule has 0 radical (unpaired) electrons. The van der Waals surface area contributed by atoms with E-state index in [9.17, 15) is 9.18 Å². The summed E-state index contributed by atoms with van der Waals surface area (Å²) < 4.78 is 19.6. The summed E-state index contributed by atoms with van der Waals surface area (Å²) in [5, 5.41) is 0.464. The SMILES string of the molecule is CN1C[C@H]2CN(Cc3c(F)cccc3Cl)CC[C@@H]2OCC1=O. The van der Waals surface area contributed by atoms with Crippen molar-refractivity contribution in [3.63, 3.8) is 0 Å². The zero-order valence-corrected chi connectivity index (χ0v) is 13.4. The molecule has 1 aromatic rings. The number of halogens is 2. The topological polar surface area (TPSA) is 32.8 Å². The van der Waals surface area contributed by atoms with Crippen molar-refractivity contribution in [3.05, 3.63) is 34.6 Å². The molecule has 2 aliphatic heterocycles. The molecule has 4 nitrogen and oxygen atoms in total. The summed E-state index contributed by atoms with van der Waals surface area (Å²) in [5.41, 5.74) is 0.543. The van der Waals surface area contributed by atoms with E-state index in [2.05, 4.69) is 4.90 Å². The van der Waals surface area contributed by atoms with Gasteiger partial charge in [0.05, 0.1) is 6.10 Å². The van der Waals surface area contributed by atoms with E-state index < -0.39 is 0 Å². The van der Waals surface area contributed by atoms with Gasteiger partial charge in [-0.2, -0.15) is 0 Å². The van der Waals surface area contributed by atoms with Gasteiger partial charge in [0, 0.05) is 49.7 Å². The minimum Gasteiger partial charge on any atom is -0.368 e. The number of benzene rings is 1. The van der Waals surface area contributed by atoms with Crippen LogP contribution < -0.4 is 0 Å². The number of carbonyl (C=O) groups excluding carboxylic acids is 1. The van der Waals surface area contributed by atoms with Crippen LogP contribution in [0.15, 0.2) is 18.2 Å². The highest BCUT2D eigenvalue weighted by atomic mass is 35.5. The lowest BCUT2D eigenvalue weighted by atomic mass is 9.94. The van der Waals surface area contributed by atoms with Crippen molar-refractivity contribution in [1.29, 1.82) is 0 Å². The lowest BCUT2D eigenvalue weighted by Crippen LogP contribution is -2.46. The zero-order valence-electron chi connectivity index (χ0n) is 12.6. The smallest absolute Gasteiger partial charge is 0.248 e. The van der Waals surface area contributed by atoms with Gasteiger partial charge in [0.25, 0.3) is 0 Å². The van der Waals surface area contributed by atoms with Crippen LogP contribution in [0.5, 0.6) is 0 Å². The molecule has 1 amide bonds. The highest BCUT2D eigenvalue weighted by molar-refractivity contribution is 6.31. The van der Waals surface area contributed by atoms with E-state index in [-0.39, 0.29) is 30.4 Å². The second-order valence-corrected chi connectivity index (χ2v) is 6.51. The van der Waals surface area contributed by atoms with Crippen LogP contribution in [0.25, 0.3) is 0 Å². The molecule has 3 rings (SSSR count). The number of fused-ring (bicyclic) bond motifs is 1. The molecule has 22 heavy (non-hydrogen) atoms. The fourth-order valence-corrected chi connectivity index (χ4v) is 3.50. The summed E-state index contributed by atoms with van der Waals surface area (Å²) in [6.07, 6.45) is 0.971. The molecule has 2 aliphatic rings. The molecule has 120 valence electrons. The number of likely N-dealkylation sites (tertiary alicyclic amines) is 1. The van der Waals surface area contributed by atoms with Crippen LogP contribution in [0.2, 0.25) is 5.02 Å². The van der Waals surface area contributed by atoms with Gasteiger partial charge in [0.2, 0.25) is 5.91 Å². The predicted molar refractivity (Wildman–Crippen MR) is 82.2 cm³/mol. The van der Waals surface area contributed by atoms with E-state index in [1.54, 1.807) is 24.1 Å². The van der Waals surface area contributed by atoms with Crippen molar-refractivity contribution < 1.29 is 13.9 Å². The maximum atomic E-state index is 13.9. The Morgan fingerprint density at radius 1 is 1.41 bits per heavy atom. The molecule has 2 fully saturated rings. The van der Waals surface area contributed by atoms with E-state index in [1.165, 1.54) is 6.07 Å². The lowest BCUT2D eigenvalue weighted by molar-refractivity contribution is -0.133. The summed E-state index contributed by atoms with van der Waals surface area (Å²) in [6, 6.07) is 4.77. The zero-order chi connectivity index (χ0) is 15.7. The fourth-order valence-electron chi connectivity index (χ4n) is 3.27. The molecule has 2 atom stereocenters. The Bertz CT molecular complexity index is 549. The van der Waals surface area contributed by atoms with E-state index >= 15 is 0 Å². The first kappa shape index (κ1) is 15.7. The summed E-state index contributed by atoms with van der Waals surface area (Å²) in [7, 11) is 1.81. The van der Waals surface area contributed by atoms with Crippen molar-refractivity contribution in [3.8, 4) is 0 Å². The Kier molecular flexibility index (Phi) is 4.66. The van der Waals surface area contributed by atoms with E-state index in [0.29, 0.717) is 23.7 Å². The highest BCUT2D eigenvalue weighted by Crippen LogP contribution is 2.27. The van der Waals surface area contributed by atoms with Crippen molar-refractivity contribution >= 4 is 17.5 Å². The Balaban J connectivity index is 1.69. The first-order valence-electron chi connectivity index (χ1n) is 7.55. The number of carbonyl (C=O) groups is 1. The molecule has 0 N–H and O–H groups in total. The van der Waals surface area contributed by atoms with Gasteiger partial charge in [-0.25, -0.2) is 4.39 Å². The van der Waals surface area contributed by atoms with Crippen LogP contribution in [0.3, 0.4) is 0 Å². The minimum atomic E-state index is -0.265. The Labute approximate surface area is 134 Å². The monoisotopic (exact) mass is 326 g/mol. The number of rotatable bonds is 2. The van der Waals surface area contributed by atoms with Crippen LogP contribution >= 0.6 is 11.6 Å². The average Bonchev–Trinajstić information content (AvgIpc) is 2.62. The largest absolute Gasteiger partial charge is 0.368 e. The maximum Gasteiger partial charge on any atom is 0.248 e. The molecule has 2 saturated heterocycles. The van der Waals surface area contributed by atoms with E-state index in [1.807, 2.05) is 0 Å². The number of likely N-dealkylation sites (N-methyl/N-ethyl adjacent to an activating group) is 1. The van der Waals surface area contributed by atoms with Crippen LogP contribution in [0, 0.1) is 11.7 Å². The number of ether oxygens (including phenoxy) is 1. The Morgan fingerprint density at radius 3 is 3.00 bits per heavy atom. The summed E-state index contributed by atoms with van der Waals surface area (Å²) >= 11 is 6.11. The third-order valence-corrected chi connectivity index (χ3v) is 4.90. The van der Waals surface area contributed by atoms with Gasteiger partial charge < -0.3 is 9.64 Å². The second-order valence-electron chi connectivity index (χ2n) is 6.11. The normalized spacial score (nSPS) is 26.7. The van der Waals surface area contributed by atoms with Gasteiger partial charge in [-0.1, -0.05) is 17.7 Å². The van der Waals surface area contributed by atoms with Gasteiger partial charge in [0.15, 0.2) is 0 Å². The number of hydrogen-bond donors (Lipinski definition) is 0. The number of hydrogen-bond acceptors (Lipinski definition) is 3. The molecule has 2 heterocycles. The second kappa shape index (κ2) is 6.52. The molecule has 0 spiro atoms. The summed E-state index contributed by atoms with van der Waals surface area (Å²) in [5.74, 6) is 0.0212. The molecule has 0 aromatic heterocycles. The van der Waals surface area contributed by atoms with Gasteiger partial charge in [-0.05, 0) is 18.6 Å². The number of nitrogens with zero attached hydrogens (tertiary/aromatic N) is 2. The Hall–Kier alpha value is -1.17. The van der Waals surface area contributed by atoms with Gasteiger partial charge in [0.1, 0.15) is 12.4 Å². The van der Waals surface area contributed by atoms with Crippen molar-refractivity contribution in [2.75, 3.05) is 33.3 Å². The van der Waals surface area contributed by atoms with Gasteiger partial charge in [-0.15, -0.1) is 0 Å². The quantitative estimate of drug-likeness (QED) is 0.835. The third-order valence-electron chi connectivity index (χ3n) is 4.55. The summed E-state index contributed by atoms with van der Waals surface area (Å²) in [4.78, 5) is 15.7. The molecular weight excluding hydrogens is 307 g/mol. The molecule has 1 aromatic carbocycles. The third kappa shape index (κ3) is 3.26. The van der Waals surface area contributed by atoms with Crippen molar-refractivity contribution in [2.45, 2.75) is 19.1 Å². The fraction of sp³-hybridized carbons (Fsp3) is 0.562. The van der Waals surface area contributed by atoms with Crippen LogP contribution in [-0.2, 0) is 16.1 Å².